The van der Waals surface area contributed by atoms with Crippen LogP contribution in [0.1, 0.15) is 47.0 Å². The highest BCUT2D eigenvalue weighted by molar-refractivity contribution is 5.79. The van der Waals surface area contributed by atoms with Crippen molar-refractivity contribution in [1.82, 2.24) is 20.4 Å². The van der Waals surface area contributed by atoms with Crippen molar-refractivity contribution in [2.45, 2.75) is 52.6 Å². The Morgan fingerprint density at radius 1 is 1.04 bits per heavy atom. The predicted octanol–water partition coefficient (Wildman–Crippen LogP) is 1.91. The molecule has 1 amide bonds. The van der Waals surface area contributed by atoms with Gasteiger partial charge >= 0.3 is 6.09 Å². The van der Waals surface area contributed by atoms with Gasteiger partial charge in [-0.2, -0.15) is 0 Å². The van der Waals surface area contributed by atoms with E-state index in [-0.39, 0.29) is 6.09 Å². The van der Waals surface area contributed by atoms with E-state index in [9.17, 15) is 4.79 Å². The Bertz CT molecular complexity index is 457. The first-order valence-electron chi connectivity index (χ1n) is 10.6. The van der Waals surface area contributed by atoms with Crippen LogP contribution in [0.4, 0.5) is 4.79 Å². The van der Waals surface area contributed by atoms with Crippen LogP contribution in [0.25, 0.3) is 0 Å². The maximum atomic E-state index is 12.1. The minimum Gasteiger partial charge on any atom is -0.444 e. The van der Waals surface area contributed by atoms with Crippen molar-refractivity contribution < 1.29 is 14.3 Å². The molecule has 1 rings (SSSR count). The molecule has 8 nitrogen and oxygen atoms in total. The van der Waals surface area contributed by atoms with Crippen LogP contribution >= 0.6 is 0 Å². The van der Waals surface area contributed by atoms with Gasteiger partial charge < -0.3 is 25.0 Å². The van der Waals surface area contributed by atoms with Crippen molar-refractivity contribution in [2.24, 2.45) is 4.99 Å². The number of ether oxygens (including phenoxy) is 2. The molecular weight excluding hydrogens is 358 g/mol. The first-order valence-corrected chi connectivity index (χ1v) is 10.6. The number of unbranched alkanes of at least 4 members (excludes halogenated alkanes) is 1. The summed E-state index contributed by atoms with van der Waals surface area (Å²) in [4.78, 5) is 20.5. The van der Waals surface area contributed by atoms with Crippen LogP contribution in [-0.4, -0.2) is 93.5 Å². The highest BCUT2D eigenvalue weighted by atomic mass is 16.6. The molecule has 0 saturated carbocycles. The Morgan fingerprint density at radius 2 is 1.68 bits per heavy atom. The zero-order valence-electron chi connectivity index (χ0n) is 18.6. The van der Waals surface area contributed by atoms with Crippen LogP contribution in [0, 0.1) is 0 Å². The standard InChI is InChI=1S/C20H41N5O3/c1-6-7-16-27-17-8-9-22-18(21-5)23-10-11-24-12-14-25(15-13-24)19(26)28-20(2,3)4/h6-17H2,1-5H3,(H2,21,22,23). The smallest absolute Gasteiger partial charge is 0.410 e. The Kier molecular flexibility index (Phi) is 11.9. The normalized spacial score (nSPS) is 16.2. The van der Waals surface area contributed by atoms with Crippen LogP contribution in [0.2, 0.25) is 0 Å². The van der Waals surface area contributed by atoms with Crippen molar-refractivity contribution >= 4 is 12.1 Å². The molecule has 2 N–H and O–H groups in total. The molecular formula is C20H41N5O3. The molecule has 0 atom stereocenters. The SMILES string of the molecule is CCCCOCCCNC(=NC)NCCN1CCN(C(=O)OC(C)(C)C)CC1. The Morgan fingerprint density at radius 3 is 2.29 bits per heavy atom. The van der Waals surface area contributed by atoms with Crippen LogP contribution in [0.3, 0.4) is 0 Å². The van der Waals surface area contributed by atoms with Gasteiger partial charge in [0.15, 0.2) is 5.96 Å². The summed E-state index contributed by atoms with van der Waals surface area (Å²) < 4.78 is 11.0. The molecule has 164 valence electrons. The number of hydrogen-bond donors (Lipinski definition) is 2. The van der Waals surface area contributed by atoms with Gasteiger partial charge in [0, 0.05) is 66.1 Å². The van der Waals surface area contributed by atoms with Crippen molar-refractivity contribution in [3.63, 3.8) is 0 Å². The van der Waals surface area contributed by atoms with E-state index in [0.717, 1.165) is 64.7 Å². The van der Waals surface area contributed by atoms with Gasteiger partial charge in [-0.3, -0.25) is 9.89 Å². The lowest BCUT2D eigenvalue weighted by molar-refractivity contribution is 0.0147. The number of carbonyl (C=O) groups excluding carboxylic acids is 1. The number of guanidine groups is 1. The van der Waals surface area contributed by atoms with E-state index >= 15 is 0 Å². The highest BCUT2D eigenvalue weighted by Crippen LogP contribution is 2.11. The summed E-state index contributed by atoms with van der Waals surface area (Å²) in [6, 6.07) is 0. The van der Waals surface area contributed by atoms with E-state index in [2.05, 4.69) is 27.4 Å². The lowest BCUT2D eigenvalue weighted by Gasteiger charge is -2.35. The largest absolute Gasteiger partial charge is 0.444 e. The average Bonchev–Trinajstić information content (AvgIpc) is 2.65. The molecule has 1 saturated heterocycles. The van der Waals surface area contributed by atoms with Crippen molar-refractivity contribution in [3.05, 3.63) is 0 Å². The van der Waals surface area contributed by atoms with E-state index < -0.39 is 5.60 Å². The molecule has 1 aliphatic rings. The number of amides is 1. The van der Waals surface area contributed by atoms with Gasteiger partial charge in [-0.05, 0) is 33.6 Å². The molecule has 0 aliphatic carbocycles. The zero-order valence-corrected chi connectivity index (χ0v) is 18.6. The maximum Gasteiger partial charge on any atom is 0.410 e. The number of nitrogens with one attached hydrogen (secondary N) is 2. The molecule has 1 aliphatic heterocycles. The number of nitrogens with zero attached hydrogens (tertiary/aromatic N) is 3. The third-order valence-electron chi connectivity index (χ3n) is 4.37. The second kappa shape index (κ2) is 13.6. The first-order chi connectivity index (χ1) is 13.4. The van der Waals surface area contributed by atoms with Crippen LogP contribution < -0.4 is 10.6 Å². The zero-order chi connectivity index (χ0) is 20.8. The summed E-state index contributed by atoms with van der Waals surface area (Å²) in [5, 5.41) is 6.66. The van der Waals surface area contributed by atoms with Gasteiger partial charge in [-0.25, -0.2) is 4.79 Å². The summed E-state index contributed by atoms with van der Waals surface area (Å²) in [6.45, 7) is 15.2. The Hall–Kier alpha value is -1.54. The quantitative estimate of drug-likeness (QED) is 0.332. The Balaban J connectivity index is 2.11. The van der Waals surface area contributed by atoms with E-state index in [1.54, 1.807) is 11.9 Å². The van der Waals surface area contributed by atoms with E-state index in [1.165, 1.54) is 6.42 Å². The van der Waals surface area contributed by atoms with Gasteiger partial charge in [0.05, 0.1) is 0 Å². The second-order valence-electron chi connectivity index (χ2n) is 8.05. The number of hydrogen-bond acceptors (Lipinski definition) is 5. The molecule has 0 aromatic rings. The van der Waals surface area contributed by atoms with Crippen LogP contribution in [0.15, 0.2) is 4.99 Å². The minimum atomic E-state index is -0.442. The average molecular weight is 400 g/mol. The molecule has 0 spiro atoms. The molecule has 0 aromatic carbocycles. The number of carbonyl (C=O) groups is 1. The lowest BCUT2D eigenvalue weighted by Crippen LogP contribution is -2.51. The summed E-state index contributed by atoms with van der Waals surface area (Å²) in [6.07, 6.45) is 3.05. The third kappa shape index (κ3) is 11.3. The van der Waals surface area contributed by atoms with Gasteiger partial charge in [0.1, 0.15) is 5.60 Å². The van der Waals surface area contributed by atoms with E-state index in [4.69, 9.17) is 9.47 Å². The summed E-state index contributed by atoms with van der Waals surface area (Å²) in [5.74, 6) is 0.820. The fourth-order valence-corrected chi connectivity index (χ4v) is 2.76. The molecule has 0 radical (unpaired) electrons. The predicted molar refractivity (Wildman–Crippen MR) is 114 cm³/mol. The van der Waals surface area contributed by atoms with Gasteiger partial charge in [-0.15, -0.1) is 0 Å². The molecule has 0 bridgehead atoms. The second-order valence-corrected chi connectivity index (χ2v) is 8.05. The van der Waals surface area contributed by atoms with E-state index in [1.807, 2.05) is 20.8 Å². The van der Waals surface area contributed by atoms with Gasteiger partial charge in [-0.1, -0.05) is 13.3 Å². The fourth-order valence-electron chi connectivity index (χ4n) is 2.76. The summed E-state index contributed by atoms with van der Waals surface area (Å²) in [7, 11) is 1.78. The molecule has 28 heavy (non-hydrogen) atoms. The first kappa shape index (κ1) is 24.5. The minimum absolute atomic E-state index is 0.214. The summed E-state index contributed by atoms with van der Waals surface area (Å²) in [5.41, 5.74) is -0.442. The molecule has 0 aromatic heterocycles. The molecule has 1 fully saturated rings. The molecule has 0 unspecified atom stereocenters. The van der Waals surface area contributed by atoms with Crippen LogP contribution in [-0.2, 0) is 9.47 Å². The number of rotatable bonds is 10. The molecule has 1 heterocycles. The van der Waals surface area contributed by atoms with E-state index in [0.29, 0.717) is 13.1 Å². The Labute approximate surface area is 171 Å². The van der Waals surface area contributed by atoms with Crippen molar-refractivity contribution in [3.8, 4) is 0 Å². The third-order valence-corrected chi connectivity index (χ3v) is 4.37. The number of aliphatic imine (C=N–C) groups is 1. The topological polar surface area (TPSA) is 78.4 Å². The monoisotopic (exact) mass is 399 g/mol. The van der Waals surface area contributed by atoms with Crippen LogP contribution in [0.5, 0.6) is 0 Å². The van der Waals surface area contributed by atoms with Gasteiger partial charge in [0.25, 0.3) is 0 Å². The summed E-state index contributed by atoms with van der Waals surface area (Å²) >= 11 is 0. The maximum absolute atomic E-state index is 12.1. The van der Waals surface area contributed by atoms with Crippen molar-refractivity contribution in [2.75, 3.05) is 66.1 Å². The highest BCUT2D eigenvalue weighted by Gasteiger charge is 2.25. The lowest BCUT2D eigenvalue weighted by atomic mass is 10.2. The van der Waals surface area contributed by atoms with Gasteiger partial charge in [0.2, 0.25) is 0 Å². The fraction of sp³-hybridized carbons (Fsp3) is 0.900. The number of piperazine rings is 1. The van der Waals surface area contributed by atoms with Crippen molar-refractivity contribution in [1.29, 1.82) is 0 Å². The molecule has 8 heteroatoms.